The molecule has 0 atom stereocenters. The Hall–Kier alpha value is -1.42. The zero-order chi connectivity index (χ0) is 16.4. The van der Waals surface area contributed by atoms with Crippen LogP contribution < -0.4 is 0 Å². The van der Waals surface area contributed by atoms with E-state index >= 15 is 0 Å². The average molecular weight is 322 g/mol. The number of nitriles is 1. The zero-order valence-corrected chi connectivity index (χ0v) is 13.9. The van der Waals surface area contributed by atoms with E-state index < -0.39 is 10.0 Å². The average Bonchev–Trinajstić information content (AvgIpc) is 2.54. The second-order valence-electron chi connectivity index (χ2n) is 6.01. The van der Waals surface area contributed by atoms with E-state index in [1.165, 1.54) is 16.4 Å². The Labute approximate surface area is 132 Å². The Kier molecular flexibility index (Phi) is 4.90. The minimum Gasteiger partial charge on any atom is -0.396 e. The molecule has 0 unspecified atom stereocenters. The van der Waals surface area contributed by atoms with Crippen LogP contribution in [0.2, 0.25) is 0 Å². The number of aliphatic hydroxyl groups excluding tert-OH is 1. The molecule has 0 saturated carbocycles. The first-order valence-corrected chi connectivity index (χ1v) is 8.94. The largest absolute Gasteiger partial charge is 0.396 e. The van der Waals surface area contributed by atoms with Crippen molar-refractivity contribution in [2.75, 3.05) is 19.7 Å². The van der Waals surface area contributed by atoms with Crippen molar-refractivity contribution < 1.29 is 13.5 Å². The number of nitrogens with zero attached hydrogens (tertiary/aromatic N) is 2. The number of rotatable bonds is 4. The van der Waals surface area contributed by atoms with Crippen molar-refractivity contribution in [3.05, 3.63) is 29.3 Å². The summed E-state index contributed by atoms with van der Waals surface area (Å²) in [5, 5.41) is 18.4. The van der Waals surface area contributed by atoms with E-state index in [0.29, 0.717) is 37.1 Å². The molecule has 1 aromatic carbocycles. The Morgan fingerprint density at radius 1 is 1.36 bits per heavy atom. The van der Waals surface area contributed by atoms with Crippen molar-refractivity contribution in [2.45, 2.75) is 38.0 Å². The highest BCUT2D eigenvalue weighted by Crippen LogP contribution is 2.36. The van der Waals surface area contributed by atoms with Crippen LogP contribution in [0, 0.1) is 23.7 Å². The summed E-state index contributed by atoms with van der Waals surface area (Å²) in [4.78, 5) is 0.263. The van der Waals surface area contributed by atoms with Crippen LogP contribution in [0.1, 0.15) is 37.3 Å². The van der Waals surface area contributed by atoms with Crippen molar-refractivity contribution in [3.63, 3.8) is 0 Å². The maximum absolute atomic E-state index is 12.8. The molecule has 0 aromatic heterocycles. The Bertz CT molecular complexity index is 678. The molecule has 1 fully saturated rings. The van der Waals surface area contributed by atoms with Crippen molar-refractivity contribution in [1.82, 2.24) is 4.31 Å². The normalized spacial score (nSPS) is 18.8. The molecule has 0 aliphatic carbocycles. The van der Waals surface area contributed by atoms with Gasteiger partial charge in [-0.15, -0.1) is 0 Å². The Morgan fingerprint density at radius 2 is 2.00 bits per heavy atom. The third kappa shape index (κ3) is 3.02. The van der Waals surface area contributed by atoms with E-state index in [0.717, 1.165) is 6.42 Å². The summed E-state index contributed by atoms with van der Waals surface area (Å²) >= 11 is 0. The number of aryl methyl sites for hydroxylation is 1. The summed E-state index contributed by atoms with van der Waals surface area (Å²) in [6, 6.07) is 6.66. The van der Waals surface area contributed by atoms with Gasteiger partial charge in [0.05, 0.1) is 16.5 Å². The first kappa shape index (κ1) is 16.9. The number of hydrogen-bond acceptors (Lipinski definition) is 4. The van der Waals surface area contributed by atoms with Gasteiger partial charge in [0.15, 0.2) is 0 Å². The molecule has 0 bridgehead atoms. The minimum atomic E-state index is -3.54. The van der Waals surface area contributed by atoms with E-state index in [1.54, 1.807) is 13.0 Å². The van der Waals surface area contributed by atoms with Crippen LogP contribution in [0.5, 0.6) is 0 Å². The van der Waals surface area contributed by atoms with Gasteiger partial charge in [-0.25, -0.2) is 8.42 Å². The number of benzene rings is 1. The Balaban J connectivity index is 2.24. The van der Waals surface area contributed by atoms with Crippen LogP contribution in [0.4, 0.5) is 0 Å². The van der Waals surface area contributed by atoms with Crippen molar-refractivity contribution in [3.8, 4) is 6.07 Å². The fourth-order valence-electron chi connectivity index (χ4n) is 2.97. The van der Waals surface area contributed by atoms with E-state index in [-0.39, 0.29) is 16.9 Å². The monoisotopic (exact) mass is 322 g/mol. The van der Waals surface area contributed by atoms with Crippen molar-refractivity contribution in [1.29, 1.82) is 5.26 Å². The highest BCUT2D eigenvalue weighted by molar-refractivity contribution is 7.89. The standard InChI is InChI=1S/C16H22N2O3S/c1-3-16(12-19)6-8-18(9-7-16)22(20,21)15-5-4-14(11-17)10-13(15)2/h4-5,10,19H,3,6-9,12H2,1-2H3. The number of sulfonamides is 1. The molecule has 0 spiro atoms. The van der Waals surface area contributed by atoms with Gasteiger partial charge in [0, 0.05) is 19.7 Å². The highest BCUT2D eigenvalue weighted by atomic mass is 32.2. The Morgan fingerprint density at radius 3 is 2.45 bits per heavy atom. The topological polar surface area (TPSA) is 81.4 Å². The van der Waals surface area contributed by atoms with Crippen LogP contribution >= 0.6 is 0 Å². The van der Waals surface area contributed by atoms with Gasteiger partial charge < -0.3 is 5.11 Å². The lowest BCUT2D eigenvalue weighted by molar-refractivity contribution is 0.0647. The quantitative estimate of drug-likeness (QED) is 0.919. The van der Waals surface area contributed by atoms with Gasteiger partial charge >= 0.3 is 0 Å². The molecule has 0 radical (unpaired) electrons. The molecule has 22 heavy (non-hydrogen) atoms. The molecular formula is C16H22N2O3S. The lowest BCUT2D eigenvalue weighted by Crippen LogP contribution is -2.44. The van der Waals surface area contributed by atoms with Crippen LogP contribution in [-0.2, 0) is 10.0 Å². The minimum absolute atomic E-state index is 0.104. The van der Waals surface area contributed by atoms with E-state index in [4.69, 9.17) is 5.26 Å². The summed E-state index contributed by atoms with van der Waals surface area (Å²) in [6.45, 7) is 4.70. The van der Waals surface area contributed by atoms with Gasteiger partial charge in [-0.1, -0.05) is 6.92 Å². The van der Waals surface area contributed by atoms with Gasteiger partial charge in [-0.05, 0) is 55.4 Å². The van der Waals surface area contributed by atoms with Gasteiger partial charge in [-0.3, -0.25) is 0 Å². The summed E-state index contributed by atoms with van der Waals surface area (Å²) in [5.74, 6) is 0. The molecule has 1 heterocycles. The SMILES string of the molecule is CCC1(CO)CCN(S(=O)(=O)c2ccc(C#N)cc2C)CC1. The van der Waals surface area contributed by atoms with Crippen LogP contribution in [0.3, 0.4) is 0 Å². The molecule has 0 amide bonds. The first-order chi connectivity index (χ1) is 10.4. The maximum Gasteiger partial charge on any atom is 0.243 e. The predicted molar refractivity (Wildman–Crippen MR) is 83.7 cm³/mol. The summed E-state index contributed by atoms with van der Waals surface area (Å²) in [7, 11) is -3.54. The van der Waals surface area contributed by atoms with Gasteiger partial charge in [0.2, 0.25) is 10.0 Å². The summed E-state index contributed by atoms with van der Waals surface area (Å²) < 4.78 is 27.0. The second-order valence-corrected chi connectivity index (χ2v) is 7.91. The number of aliphatic hydroxyl groups is 1. The van der Waals surface area contributed by atoms with Crippen LogP contribution in [-0.4, -0.2) is 37.5 Å². The number of hydrogen-bond donors (Lipinski definition) is 1. The number of piperidine rings is 1. The fourth-order valence-corrected chi connectivity index (χ4v) is 4.62. The molecule has 5 nitrogen and oxygen atoms in total. The van der Waals surface area contributed by atoms with E-state index in [1.807, 2.05) is 13.0 Å². The molecule has 1 aromatic rings. The highest BCUT2D eigenvalue weighted by Gasteiger charge is 2.37. The van der Waals surface area contributed by atoms with Gasteiger partial charge in [-0.2, -0.15) is 9.57 Å². The molecule has 2 rings (SSSR count). The molecule has 120 valence electrons. The molecular weight excluding hydrogens is 300 g/mol. The molecule has 1 N–H and O–H groups in total. The molecule has 1 aliphatic rings. The van der Waals surface area contributed by atoms with E-state index in [9.17, 15) is 13.5 Å². The smallest absolute Gasteiger partial charge is 0.243 e. The molecule has 1 saturated heterocycles. The van der Waals surface area contributed by atoms with E-state index in [2.05, 4.69) is 0 Å². The van der Waals surface area contributed by atoms with Crippen LogP contribution in [0.25, 0.3) is 0 Å². The lowest BCUT2D eigenvalue weighted by Gasteiger charge is -2.39. The first-order valence-electron chi connectivity index (χ1n) is 7.50. The van der Waals surface area contributed by atoms with Crippen molar-refractivity contribution in [2.24, 2.45) is 5.41 Å². The lowest BCUT2D eigenvalue weighted by atomic mass is 9.77. The summed E-state index contributed by atoms with van der Waals surface area (Å²) in [5.41, 5.74) is 0.903. The second kappa shape index (κ2) is 6.37. The van der Waals surface area contributed by atoms with Crippen molar-refractivity contribution >= 4 is 10.0 Å². The maximum atomic E-state index is 12.8. The predicted octanol–water partition coefficient (Wildman–Crippen LogP) is 2.04. The summed E-state index contributed by atoms with van der Waals surface area (Å²) in [6.07, 6.45) is 2.20. The van der Waals surface area contributed by atoms with Crippen LogP contribution in [0.15, 0.2) is 23.1 Å². The third-order valence-electron chi connectivity index (χ3n) is 4.79. The van der Waals surface area contributed by atoms with Gasteiger partial charge in [0.1, 0.15) is 0 Å². The molecule has 6 heteroatoms. The zero-order valence-electron chi connectivity index (χ0n) is 13.0. The third-order valence-corrected chi connectivity index (χ3v) is 6.85. The molecule has 1 aliphatic heterocycles. The fraction of sp³-hybridized carbons (Fsp3) is 0.562. The van der Waals surface area contributed by atoms with Gasteiger partial charge in [0.25, 0.3) is 0 Å².